The molecule has 1 atom stereocenters. The van der Waals surface area contributed by atoms with E-state index in [4.69, 9.17) is 32.9 Å². The smallest absolute Gasteiger partial charge is 0.333 e. The summed E-state index contributed by atoms with van der Waals surface area (Å²) in [5, 5.41) is 1.15. The average Bonchev–Trinajstić information content (AvgIpc) is 3.75. The molecule has 1 aromatic carbocycles. The Morgan fingerprint density at radius 3 is 1.96 bits per heavy atom. The fourth-order valence-electron chi connectivity index (χ4n) is 8.71. The maximum Gasteiger partial charge on any atom is 0.333 e. The van der Waals surface area contributed by atoms with Crippen LogP contribution in [0.25, 0.3) is 17.4 Å². The first-order valence-corrected chi connectivity index (χ1v) is 29.2. The summed E-state index contributed by atoms with van der Waals surface area (Å²) in [7, 11) is -11.7. The highest BCUT2D eigenvalue weighted by Gasteiger charge is 2.44. The number of benzene rings is 2. The monoisotopic (exact) mass is 1110 g/mol. The molecule has 0 saturated carbocycles. The standard InChI is InChI=1S/C50H69N3O19S3/c1-49(2,3)41-35-38(71-44-34-37(13-15-40(41)44)51(20-8-32-73(57,58)59)22-23-67-26-27-69-30-31-70-29-28-68-25-24-66-5)10-6-11-45-50(4,19-7-12-48(56)72-53-46(54)17-18-47(53)55)42-36-39(75(63,64)65)14-16-43(42)52(45)21-9-33-74(60,61)62/h6,10-11,13-16,34-36H,7-9,12,17-33H2,1-5H3,(H2-,57,58,59,60,61,62,63,64,65)/p+1. The Bertz CT molecular complexity index is 2890. The Labute approximate surface area is 438 Å². The van der Waals surface area contributed by atoms with E-state index in [1.807, 2.05) is 49.6 Å². The second kappa shape index (κ2) is 27.4. The van der Waals surface area contributed by atoms with E-state index >= 15 is 0 Å². The molecule has 3 heterocycles. The number of hydrogen-bond acceptors (Lipinski definition) is 17. The van der Waals surface area contributed by atoms with Crippen molar-refractivity contribution in [1.29, 1.82) is 0 Å². The third-order valence-electron chi connectivity index (χ3n) is 12.4. The zero-order valence-corrected chi connectivity index (χ0v) is 45.5. The SMILES string of the molecule is COCCOCCOCCOCCOCC[N+](CCCS(=O)(=O)O)=c1ccc2c(C(C)(C)C)cc(/C=C/C=C3/N(CCCS(=O)(=O)O)c4ccc(S(=O)(=O)O)cc4C3(C)CCCC(=O)ON3C(=O)CCC3=O)oc-2c1. The summed E-state index contributed by atoms with van der Waals surface area (Å²) in [6.07, 6.45) is 5.07. The number of nitrogens with zero attached hydrogens (tertiary/aromatic N) is 3. The lowest BCUT2D eigenvalue weighted by Crippen LogP contribution is -2.35. The maximum atomic E-state index is 12.9. The first kappa shape index (κ1) is 60.9. The van der Waals surface area contributed by atoms with Gasteiger partial charge in [0.15, 0.2) is 6.54 Å². The lowest BCUT2D eigenvalue weighted by Gasteiger charge is -2.30. The van der Waals surface area contributed by atoms with E-state index in [0.717, 1.165) is 11.1 Å². The van der Waals surface area contributed by atoms with Gasteiger partial charge in [-0.2, -0.15) is 25.3 Å². The quantitative estimate of drug-likeness (QED) is 0.0348. The van der Waals surface area contributed by atoms with E-state index in [0.29, 0.717) is 98.3 Å². The van der Waals surface area contributed by atoms with Crippen LogP contribution in [0.3, 0.4) is 0 Å². The maximum absolute atomic E-state index is 12.9. The molecule has 1 aliphatic carbocycles. The Morgan fingerprint density at radius 2 is 1.37 bits per heavy atom. The largest absolute Gasteiger partial charge is 0.456 e. The van der Waals surface area contributed by atoms with Crippen molar-refractivity contribution >= 4 is 59.9 Å². The van der Waals surface area contributed by atoms with Gasteiger partial charge in [-0.3, -0.25) is 23.2 Å². The van der Waals surface area contributed by atoms with Crippen molar-refractivity contribution < 1.29 is 86.2 Å². The highest BCUT2D eigenvalue weighted by Crippen LogP contribution is 2.51. The lowest BCUT2D eigenvalue weighted by molar-refractivity contribution is -0.197. The molecule has 1 fully saturated rings. The van der Waals surface area contributed by atoms with Gasteiger partial charge in [0.05, 0.1) is 75.3 Å². The van der Waals surface area contributed by atoms with Gasteiger partial charge in [0.2, 0.25) is 5.36 Å². The van der Waals surface area contributed by atoms with E-state index in [1.165, 1.54) is 18.2 Å². The summed E-state index contributed by atoms with van der Waals surface area (Å²) >= 11 is 0. The van der Waals surface area contributed by atoms with Crippen LogP contribution in [0.5, 0.6) is 0 Å². The first-order valence-electron chi connectivity index (χ1n) is 24.5. The molecule has 22 nitrogen and oxygen atoms in total. The molecule has 4 aliphatic rings. The molecule has 1 unspecified atom stereocenters. The van der Waals surface area contributed by atoms with Crippen molar-refractivity contribution in [3.05, 3.63) is 82.6 Å². The second-order valence-corrected chi connectivity index (χ2v) is 23.7. The molecule has 1 aromatic rings. The molecule has 0 bridgehead atoms. The van der Waals surface area contributed by atoms with Crippen LogP contribution < -0.4 is 14.8 Å². The number of imide groups is 1. The number of amides is 2. The van der Waals surface area contributed by atoms with Gasteiger partial charge in [0.1, 0.15) is 24.7 Å². The van der Waals surface area contributed by atoms with E-state index in [-0.39, 0.29) is 64.6 Å². The van der Waals surface area contributed by atoms with Crippen molar-refractivity contribution in [1.82, 2.24) is 9.64 Å². The van der Waals surface area contributed by atoms with Gasteiger partial charge in [-0.05, 0) is 85.2 Å². The molecular formula is C50H70N3O19S3+. The molecule has 0 aromatic heterocycles. The number of fused-ring (bicyclic) bond motifs is 2. The van der Waals surface area contributed by atoms with Crippen LogP contribution in [-0.2, 0) is 84.1 Å². The van der Waals surface area contributed by atoms with Gasteiger partial charge < -0.3 is 37.8 Å². The molecule has 25 heteroatoms. The minimum absolute atomic E-state index is 0.0356. The zero-order chi connectivity index (χ0) is 55.0. The highest BCUT2D eigenvalue weighted by atomic mass is 32.2. The predicted octanol–water partition coefficient (Wildman–Crippen LogP) is 4.42. The summed E-state index contributed by atoms with van der Waals surface area (Å²) in [5.41, 5.74) is 1.66. The average molecular weight is 1110 g/mol. The minimum atomic E-state index is -4.70. The highest BCUT2D eigenvalue weighted by molar-refractivity contribution is 7.86. The summed E-state index contributed by atoms with van der Waals surface area (Å²) in [6.45, 7) is 12.1. The Kier molecular flexibility index (Phi) is 22.3. The number of ether oxygens (including phenoxy) is 5. The minimum Gasteiger partial charge on any atom is -0.456 e. The molecule has 5 rings (SSSR count). The van der Waals surface area contributed by atoms with Crippen LogP contribution in [0, 0.1) is 0 Å². The van der Waals surface area contributed by atoms with E-state index in [1.54, 1.807) is 37.2 Å². The lowest BCUT2D eigenvalue weighted by atomic mass is 9.77. The fourth-order valence-corrected chi connectivity index (χ4v) is 10.2. The topological polar surface area (TPSA) is 292 Å². The number of rotatable bonds is 31. The molecule has 3 aliphatic heterocycles. The second-order valence-electron chi connectivity index (χ2n) is 19.1. The third-order valence-corrected chi connectivity index (χ3v) is 14.8. The number of hydroxylamine groups is 2. The Hall–Kier alpha value is -4.93. The molecule has 416 valence electrons. The first-order chi connectivity index (χ1) is 35.3. The van der Waals surface area contributed by atoms with E-state index in [9.17, 15) is 53.3 Å². The van der Waals surface area contributed by atoms with Crippen LogP contribution in [0.1, 0.15) is 89.5 Å². The van der Waals surface area contributed by atoms with Crippen LogP contribution in [-0.4, -0.2) is 159 Å². The van der Waals surface area contributed by atoms with Crippen LogP contribution in [0.4, 0.5) is 5.69 Å². The fraction of sp³-hybridized carbons (Fsp3) is 0.560. The van der Waals surface area contributed by atoms with Crippen molar-refractivity contribution in [3.63, 3.8) is 0 Å². The van der Waals surface area contributed by atoms with Gasteiger partial charge in [-0.15, -0.1) is 5.06 Å². The van der Waals surface area contributed by atoms with Crippen LogP contribution >= 0.6 is 0 Å². The predicted molar refractivity (Wildman–Crippen MR) is 275 cm³/mol. The number of hydrogen-bond donors (Lipinski definition) is 3. The van der Waals surface area contributed by atoms with Crippen molar-refractivity contribution in [2.45, 2.75) is 88.4 Å². The van der Waals surface area contributed by atoms with Gasteiger partial charge in [-0.25, -0.2) is 9.37 Å². The summed E-state index contributed by atoms with van der Waals surface area (Å²) < 4.78 is 137. The van der Waals surface area contributed by atoms with E-state index < -0.39 is 75.4 Å². The Balaban J connectivity index is 1.46. The normalized spacial score (nSPS) is 17.5. The molecule has 3 N–H and O–H groups in total. The number of anilines is 1. The summed E-state index contributed by atoms with van der Waals surface area (Å²) in [5.74, 6) is -2.24. The zero-order valence-electron chi connectivity index (χ0n) is 43.1. The number of allylic oxidation sites excluding steroid dienone is 3. The number of carbonyl (C=O) groups excluding carboxylic acids is 3. The van der Waals surface area contributed by atoms with Crippen LogP contribution in [0.15, 0.2) is 69.6 Å². The summed E-state index contributed by atoms with van der Waals surface area (Å²) in [4.78, 5) is 43.6. The van der Waals surface area contributed by atoms with Gasteiger partial charge >= 0.3 is 5.97 Å². The molecule has 0 spiro atoms. The molecule has 2 amide bonds. The van der Waals surface area contributed by atoms with Gasteiger partial charge in [0.25, 0.3) is 42.2 Å². The van der Waals surface area contributed by atoms with Gasteiger partial charge in [0, 0.05) is 67.8 Å². The number of carbonyl (C=O) groups is 3. The van der Waals surface area contributed by atoms with Crippen LogP contribution in [0.2, 0.25) is 0 Å². The summed E-state index contributed by atoms with van der Waals surface area (Å²) in [6, 6.07) is 11.6. The molecule has 1 saturated heterocycles. The Morgan fingerprint density at radius 1 is 0.773 bits per heavy atom. The molecular weight excluding hydrogens is 1040 g/mol. The van der Waals surface area contributed by atoms with Crippen molar-refractivity contribution in [3.8, 4) is 11.3 Å². The van der Waals surface area contributed by atoms with Crippen molar-refractivity contribution in [2.24, 2.45) is 0 Å². The third kappa shape index (κ3) is 18.7. The number of methoxy groups -OCH3 is 1. The van der Waals surface area contributed by atoms with E-state index in [2.05, 4.69) is 0 Å². The van der Waals surface area contributed by atoms with Gasteiger partial charge in [-0.1, -0.05) is 26.8 Å². The van der Waals surface area contributed by atoms with Crippen molar-refractivity contribution in [2.75, 3.05) is 103 Å². The molecule has 0 radical (unpaired) electrons. The molecule has 75 heavy (non-hydrogen) atoms.